The Hall–Kier alpha value is -2.86. The van der Waals surface area contributed by atoms with E-state index in [9.17, 15) is 9.59 Å². The molecule has 2 aliphatic rings. The molecule has 6 heteroatoms. The van der Waals surface area contributed by atoms with Crippen LogP contribution in [0.3, 0.4) is 0 Å². The van der Waals surface area contributed by atoms with Crippen molar-refractivity contribution < 1.29 is 14.3 Å². The third-order valence-corrected chi connectivity index (χ3v) is 5.52. The number of para-hydroxylation sites is 3. The Morgan fingerprint density at radius 1 is 0.893 bits per heavy atom. The first-order valence-corrected chi connectivity index (χ1v) is 9.70. The van der Waals surface area contributed by atoms with Crippen molar-refractivity contribution in [2.75, 3.05) is 41.8 Å². The van der Waals surface area contributed by atoms with Crippen LogP contribution in [0.1, 0.15) is 18.4 Å². The number of morpholine rings is 1. The van der Waals surface area contributed by atoms with Crippen molar-refractivity contribution in [1.29, 1.82) is 0 Å². The van der Waals surface area contributed by atoms with Crippen molar-refractivity contribution >= 4 is 28.9 Å². The lowest BCUT2D eigenvalue weighted by atomic mass is 10.0. The van der Waals surface area contributed by atoms with E-state index in [1.54, 1.807) is 0 Å². The molecule has 28 heavy (non-hydrogen) atoms. The fourth-order valence-electron chi connectivity index (χ4n) is 3.54. The van der Waals surface area contributed by atoms with E-state index in [0.717, 1.165) is 35.7 Å². The van der Waals surface area contributed by atoms with Gasteiger partial charge in [-0.15, -0.1) is 0 Å². The van der Waals surface area contributed by atoms with E-state index in [4.69, 9.17) is 4.74 Å². The van der Waals surface area contributed by atoms with Crippen LogP contribution >= 0.6 is 0 Å². The highest BCUT2D eigenvalue weighted by Gasteiger charge is 2.56. The van der Waals surface area contributed by atoms with Gasteiger partial charge in [0.2, 0.25) is 11.8 Å². The number of carbonyl (C=O) groups is 2. The predicted molar refractivity (Wildman–Crippen MR) is 110 cm³/mol. The minimum atomic E-state index is -0.986. The lowest BCUT2D eigenvalue weighted by molar-refractivity contribution is -0.131. The van der Waals surface area contributed by atoms with E-state index in [2.05, 4.69) is 15.5 Å². The average molecular weight is 379 g/mol. The maximum atomic E-state index is 13.0. The summed E-state index contributed by atoms with van der Waals surface area (Å²) in [6, 6.07) is 15.3. The third-order valence-electron chi connectivity index (χ3n) is 5.52. The zero-order valence-electron chi connectivity index (χ0n) is 16.0. The first kappa shape index (κ1) is 18.5. The molecule has 2 fully saturated rings. The number of ether oxygens (including phenoxy) is 1. The largest absolute Gasteiger partial charge is 0.378 e. The van der Waals surface area contributed by atoms with Crippen LogP contribution in [0.4, 0.5) is 17.1 Å². The van der Waals surface area contributed by atoms with Gasteiger partial charge in [0, 0.05) is 18.8 Å². The minimum Gasteiger partial charge on any atom is -0.378 e. The molecule has 1 saturated carbocycles. The van der Waals surface area contributed by atoms with E-state index in [0.29, 0.717) is 26.1 Å². The van der Waals surface area contributed by atoms with Crippen LogP contribution < -0.4 is 15.5 Å². The van der Waals surface area contributed by atoms with Gasteiger partial charge in [-0.2, -0.15) is 0 Å². The SMILES string of the molecule is Cc1ccccc1NC(=O)C1(C(=O)Nc2ccccc2N2CCOCC2)CC1. The van der Waals surface area contributed by atoms with Crippen LogP contribution in [0, 0.1) is 12.3 Å². The first-order valence-electron chi connectivity index (χ1n) is 9.70. The number of amides is 2. The van der Waals surface area contributed by atoms with Crippen molar-refractivity contribution in [2.45, 2.75) is 19.8 Å². The molecule has 4 rings (SSSR count). The lowest BCUT2D eigenvalue weighted by Gasteiger charge is -2.30. The van der Waals surface area contributed by atoms with Gasteiger partial charge >= 0.3 is 0 Å². The number of rotatable bonds is 5. The fraction of sp³-hybridized carbons (Fsp3) is 0.364. The zero-order chi connectivity index (χ0) is 19.6. The van der Waals surface area contributed by atoms with E-state index < -0.39 is 5.41 Å². The van der Waals surface area contributed by atoms with Gasteiger partial charge in [0.1, 0.15) is 5.41 Å². The molecule has 1 aliphatic carbocycles. The number of carbonyl (C=O) groups excluding carboxylic acids is 2. The van der Waals surface area contributed by atoms with Crippen molar-refractivity contribution in [1.82, 2.24) is 0 Å². The van der Waals surface area contributed by atoms with Gasteiger partial charge in [0.05, 0.1) is 24.6 Å². The Balaban J connectivity index is 1.49. The molecule has 0 bridgehead atoms. The molecule has 0 atom stereocenters. The summed E-state index contributed by atoms with van der Waals surface area (Å²) in [4.78, 5) is 28.1. The topological polar surface area (TPSA) is 70.7 Å². The van der Waals surface area contributed by atoms with Crippen molar-refractivity contribution in [3.8, 4) is 0 Å². The molecule has 1 saturated heterocycles. The van der Waals surface area contributed by atoms with E-state index in [1.165, 1.54) is 0 Å². The molecule has 0 aromatic heterocycles. The van der Waals surface area contributed by atoms with Crippen LogP contribution in [0.15, 0.2) is 48.5 Å². The first-order chi connectivity index (χ1) is 13.6. The second-order valence-electron chi connectivity index (χ2n) is 7.42. The molecule has 0 radical (unpaired) electrons. The number of hydrogen-bond acceptors (Lipinski definition) is 4. The summed E-state index contributed by atoms with van der Waals surface area (Å²) < 4.78 is 5.42. The second-order valence-corrected chi connectivity index (χ2v) is 7.42. The van der Waals surface area contributed by atoms with E-state index in [1.807, 2.05) is 55.5 Å². The lowest BCUT2D eigenvalue weighted by Crippen LogP contribution is -2.38. The Kier molecular flexibility index (Phi) is 5.05. The Morgan fingerprint density at radius 2 is 1.46 bits per heavy atom. The summed E-state index contributed by atoms with van der Waals surface area (Å²) in [5.74, 6) is -0.470. The third kappa shape index (κ3) is 3.60. The van der Waals surface area contributed by atoms with Gasteiger partial charge in [0.15, 0.2) is 0 Å². The number of anilines is 3. The molecular formula is C22H25N3O3. The monoisotopic (exact) mass is 379 g/mol. The molecule has 2 aromatic carbocycles. The minimum absolute atomic E-state index is 0.233. The number of nitrogens with one attached hydrogen (secondary N) is 2. The normalized spacial score (nSPS) is 17.7. The molecule has 6 nitrogen and oxygen atoms in total. The molecule has 0 spiro atoms. The maximum absolute atomic E-state index is 13.0. The molecule has 146 valence electrons. The summed E-state index contributed by atoms with van der Waals surface area (Å²) >= 11 is 0. The maximum Gasteiger partial charge on any atom is 0.240 e. The summed E-state index contributed by atoms with van der Waals surface area (Å²) in [5.41, 5.74) is 2.45. The highest BCUT2D eigenvalue weighted by atomic mass is 16.5. The van der Waals surface area contributed by atoms with E-state index >= 15 is 0 Å². The Bertz CT molecular complexity index is 886. The Morgan fingerprint density at radius 3 is 2.11 bits per heavy atom. The van der Waals surface area contributed by atoms with Crippen molar-refractivity contribution in [3.63, 3.8) is 0 Å². The van der Waals surface area contributed by atoms with Crippen LogP contribution in [0.5, 0.6) is 0 Å². The summed E-state index contributed by atoms with van der Waals surface area (Å²) in [6.45, 7) is 4.85. The smallest absolute Gasteiger partial charge is 0.240 e. The van der Waals surface area contributed by atoms with E-state index in [-0.39, 0.29) is 11.8 Å². The van der Waals surface area contributed by atoms with Gasteiger partial charge < -0.3 is 20.3 Å². The van der Waals surface area contributed by atoms with Gasteiger partial charge in [-0.1, -0.05) is 30.3 Å². The van der Waals surface area contributed by atoms with Gasteiger partial charge in [-0.05, 0) is 43.5 Å². The summed E-state index contributed by atoms with van der Waals surface area (Å²) in [6.07, 6.45) is 1.13. The molecule has 2 N–H and O–H groups in total. The number of hydrogen-bond donors (Lipinski definition) is 2. The number of benzene rings is 2. The predicted octanol–water partition coefficient (Wildman–Crippen LogP) is 3.19. The molecule has 0 unspecified atom stereocenters. The molecule has 1 aliphatic heterocycles. The highest BCUT2D eigenvalue weighted by Crippen LogP contribution is 2.48. The van der Waals surface area contributed by atoms with Crippen LogP contribution in [-0.2, 0) is 14.3 Å². The van der Waals surface area contributed by atoms with Crippen molar-refractivity contribution in [3.05, 3.63) is 54.1 Å². The standard InChI is InChI=1S/C22H25N3O3/c1-16-6-2-3-7-17(16)23-20(26)22(10-11-22)21(27)24-18-8-4-5-9-19(18)25-12-14-28-15-13-25/h2-9H,10-15H2,1H3,(H,23,26)(H,24,27). The molecule has 1 heterocycles. The molecule has 2 amide bonds. The number of aryl methyl sites for hydroxylation is 1. The van der Waals surface area contributed by atoms with Gasteiger partial charge in [-0.25, -0.2) is 0 Å². The number of nitrogens with zero attached hydrogens (tertiary/aromatic N) is 1. The van der Waals surface area contributed by atoms with Crippen LogP contribution in [0.25, 0.3) is 0 Å². The zero-order valence-corrected chi connectivity index (χ0v) is 16.0. The van der Waals surface area contributed by atoms with Crippen LogP contribution in [-0.4, -0.2) is 38.1 Å². The van der Waals surface area contributed by atoms with Gasteiger partial charge in [-0.3, -0.25) is 9.59 Å². The molecule has 2 aromatic rings. The highest BCUT2D eigenvalue weighted by molar-refractivity contribution is 6.17. The van der Waals surface area contributed by atoms with Crippen LogP contribution in [0.2, 0.25) is 0 Å². The van der Waals surface area contributed by atoms with Crippen molar-refractivity contribution in [2.24, 2.45) is 5.41 Å². The summed E-state index contributed by atoms with van der Waals surface area (Å²) in [5, 5.41) is 5.94. The molecular weight excluding hydrogens is 354 g/mol. The second kappa shape index (κ2) is 7.64. The fourth-order valence-corrected chi connectivity index (χ4v) is 3.54. The average Bonchev–Trinajstić information content (AvgIpc) is 3.53. The Labute approximate surface area is 164 Å². The van der Waals surface area contributed by atoms with Gasteiger partial charge in [0.25, 0.3) is 0 Å². The quantitative estimate of drug-likeness (QED) is 0.783. The summed E-state index contributed by atoms with van der Waals surface area (Å²) in [7, 11) is 0.